The van der Waals surface area contributed by atoms with Crippen LogP contribution in [0.2, 0.25) is 0 Å². The maximum Gasteiger partial charge on any atom is 0.214 e. The van der Waals surface area contributed by atoms with Crippen molar-refractivity contribution >= 4 is 17.4 Å². The van der Waals surface area contributed by atoms with E-state index in [1.54, 1.807) is 6.20 Å². The molecule has 1 saturated carbocycles. The number of aromatic nitrogens is 5. The summed E-state index contributed by atoms with van der Waals surface area (Å²) in [7, 11) is 0. The van der Waals surface area contributed by atoms with Crippen molar-refractivity contribution in [3.05, 3.63) is 60.0 Å². The summed E-state index contributed by atoms with van der Waals surface area (Å²) in [6.07, 6.45) is 6.41. The third-order valence-electron chi connectivity index (χ3n) is 5.02. The first-order valence-electron chi connectivity index (χ1n) is 9.68. The number of fused-ring (bicyclic) bond motifs is 1. The molecule has 0 bridgehead atoms. The van der Waals surface area contributed by atoms with Crippen molar-refractivity contribution in [3.8, 4) is 11.3 Å². The van der Waals surface area contributed by atoms with Gasteiger partial charge in [0.1, 0.15) is 5.65 Å². The zero-order valence-corrected chi connectivity index (χ0v) is 15.8. The fraction of sp³-hybridized carbons (Fsp3) is 0.286. The molecule has 0 atom stereocenters. The topological polar surface area (TPSA) is 82.9 Å². The average molecular weight is 373 g/mol. The smallest absolute Gasteiger partial charge is 0.214 e. The Kier molecular flexibility index (Phi) is 4.29. The van der Waals surface area contributed by atoms with Crippen LogP contribution in [0.3, 0.4) is 0 Å². The van der Waals surface area contributed by atoms with Crippen LogP contribution >= 0.6 is 0 Å². The van der Waals surface area contributed by atoms with Crippen molar-refractivity contribution in [1.82, 2.24) is 29.9 Å². The predicted molar refractivity (Wildman–Crippen MR) is 109 cm³/mol. The SMILES string of the molecule is Cc1cc(Nc2nc(-c3cccc(CNCC4CC4)c3)cc3nccn23)n[nH]1. The quantitative estimate of drug-likeness (QED) is 0.460. The number of anilines is 2. The van der Waals surface area contributed by atoms with Crippen LogP contribution in [0.5, 0.6) is 0 Å². The number of imidazole rings is 1. The van der Waals surface area contributed by atoms with Crippen LogP contribution < -0.4 is 10.6 Å². The Morgan fingerprint density at radius 1 is 1.21 bits per heavy atom. The average Bonchev–Trinajstić information content (AvgIpc) is 3.23. The van der Waals surface area contributed by atoms with E-state index < -0.39 is 0 Å². The highest BCUT2D eigenvalue weighted by Gasteiger charge is 2.20. The Hall–Kier alpha value is -3.19. The van der Waals surface area contributed by atoms with Crippen LogP contribution in [0, 0.1) is 12.8 Å². The third kappa shape index (κ3) is 3.61. The van der Waals surface area contributed by atoms with Gasteiger partial charge in [0.2, 0.25) is 5.95 Å². The van der Waals surface area contributed by atoms with Crippen molar-refractivity contribution in [2.75, 3.05) is 11.9 Å². The number of rotatable bonds is 7. The van der Waals surface area contributed by atoms with Crippen molar-refractivity contribution in [1.29, 1.82) is 0 Å². The minimum Gasteiger partial charge on any atom is -0.312 e. The van der Waals surface area contributed by atoms with Gasteiger partial charge in [-0.3, -0.25) is 9.50 Å². The molecular weight excluding hydrogens is 350 g/mol. The van der Waals surface area contributed by atoms with E-state index in [2.05, 4.69) is 50.1 Å². The lowest BCUT2D eigenvalue weighted by molar-refractivity contribution is 0.639. The minimum absolute atomic E-state index is 0.689. The maximum absolute atomic E-state index is 4.85. The normalized spacial score (nSPS) is 13.9. The monoisotopic (exact) mass is 373 g/mol. The predicted octanol–water partition coefficient (Wildman–Crippen LogP) is 3.67. The van der Waals surface area contributed by atoms with Crippen molar-refractivity contribution in [3.63, 3.8) is 0 Å². The molecule has 0 aliphatic heterocycles. The van der Waals surface area contributed by atoms with Gasteiger partial charge in [-0.05, 0) is 43.9 Å². The first-order valence-corrected chi connectivity index (χ1v) is 9.68. The van der Waals surface area contributed by atoms with Crippen LogP contribution in [0.25, 0.3) is 16.9 Å². The Morgan fingerprint density at radius 2 is 2.14 bits per heavy atom. The molecule has 142 valence electrons. The first-order chi connectivity index (χ1) is 13.7. The molecule has 1 aromatic carbocycles. The van der Waals surface area contributed by atoms with E-state index in [0.717, 1.165) is 47.4 Å². The molecular formula is C21H23N7. The van der Waals surface area contributed by atoms with E-state index >= 15 is 0 Å². The molecule has 28 heavy (non-hydrogen) atoms. The second-order valence-corrected chi connectivity index (χ2v) is 7.46. The molecule has 4 aromatic rings. The number of aryl methyl sites for hydroxylation is 1. The molecule has 0 saturated heterocycles. The number of nitrogens with one attached hydrogen (secondary N) is 3. The number of H-pyrrole nitrogens is 1. The van der Waals surface area contributed by atoms with E-state index in [4.69, 9.17) is 4.98 Å². The molecule has 7 heteroatoms. The molecule has 0 radical (unpaired) electrons. The lowest BCUT2D eigenvalue weighted by atomic mass is 10.1. The Labute approximate surface area is 163 Å². The highest BCUT2D eigenvalue weighted by atomic mass is 15.3. The molecule has 1 fully saturated rings. The van der Waals surface area contributed by atoms with Crippen molar-refractivity contribution in [2.45, 2.75) is 26.3 Å². The number of benzene rings is 1. The van der Waals surface area contributed by atoms with Gasteiger partial charge in [0, 0.05) is 42.3 Å². The Bertz CT molecular complexity index is 1110. The first kappa shape index (κ1) is 16.9. The Balaban J connectivity index is 1.45. The fourth-order valence-corrected chi connectivity index (χ4v) is 3.34. The molecule has 7 nitrogen and oxygen atoms in total. The minimum atomic E-state index is 0.689. The number of hydrogen-bond donors (Lipinski definition) is 3. The highest BCUT2D eigenvalue weighted by molar-refractivity contribution is 5.67. The van der Waals surface area contributed by atoms with E-state index in [1.807, 2.05) is 29.7 Å². The second kappa shape index (κ2) is 7.09. The second-order valence-electron chi connectivity index (χ2n) is 7.46. The molecule has 3 aromatic heterocycles. The zero-order valence-electron chi connectivity index (χ0n) is 15.8. The summed E-state index contributed by atoms with van der Waals surface area (Å²) in [6.45, 7) is 3.96. The number of hydrogen-bond acceptors (Lipinski definition) is 5. The van der Waals surface area contributed by atoms with E-state index in [1.165, 1.54) is 18.4 Å². The van der Waals surface area contributed by atoms with E-state index in [9.17, 15) is 0 Å². The van der Waals surface area contributed by atoms with Crippen molar-refractivity contribution < 1.29 is 0 Å². The summed E-state index contributed by atoms with van der Waals surface area (Å²) in [5.74, 6) is 2.30. The molecule has 3 N–H and O–H groups in total. The molecule has 0 spiro atoms. The molecule has 0 amide bonds. The van der Waals surface area contributed by atoms with Gasteiger partial charge in [0.15, 0.2) is 5.82 Å². The lowest BCUT2D eigenvalue weighted by Gasteiger charge is -2.10. The standard InChI is InChI=1S/C21H23N7/c1-14-9-19(27-26-14)25-21-24-18(11-20-23-7-8-28(20)21)17-4-2-3-16(10-17)13-22-12-15-5-6-15/h2-4,7-11,15,22H,5-6,12-13H2,1H3,(H2,24,25,26,27). The van der Waals surface area contributed by atoms with E-state index in [-0.39, 0.29) is 0 Å². The van der Waals surface area contributed by atoms with Crippen LogP contribution in [-0.4, -0.2) is 31.1 Å². The number of aromatic amines is 1. The van der Waals surface area contributed by atoms with Crippen LogP contribution in [0.1, 0.15) is 24.1 Å². The zero-order chi connectivity index (χ0) is 18.9. The van der Waals surface area contributed by atoms with Gasteiger partial charge >= 0.3 is 0 Å². The third-order valence-corrected chi connectivity index (χ3v) is 5.02. The van der Waals surface area contributed by atoms with Gasteiger partial charge in [0.05, 0.1) is 5.69 Å². The largest absolute Gasteiger partial charge is 0.312 e. The van der Waals surface area contributed by atoms with E-state index in [0.29, 0.717) is 5.95 Å². The summed E-state index contributed by atoms with van der Waals surface area (Å²) >= 11 is 0. The van der Waals surface area contributed by atoms with Gasteiger partial charge in [-0.1, -0.05) is 18.2 Å². The highest BCUT2D eigenvalue weighted by Crippen LogP contribution is 2.28. The van der Waals surface area contributed by atoms with Crippen LogP contribution in [0.15, 0.2) is 48.8 Å². The van der Waals surface area contributed by atoms with Crippen molar-refractivity contribution in [2.24, 2.45) is 5.92 Å². The lowest BCUT2D eigenvalue weighted by Crippen LogP contribution is -2.16. The molecule has 0 unspecified atom stereocenters. The van der Waals surface area contributed by atoms with Gasteiger partial charge in [-0.25, -0.2) is 9.97 Å². The number of nitrogens with zero attached hydrogens (tertiary/aromatic N) is 4. The van der Waals surface area contributed by atoms with Gasteiger partial charge in [-0.15, -0.1) is 0 Å². The van der Waals surface area contributed by atoms with Gasteiger partial charge in [-0.2, -0.15) is 5.10 Å². The van der Waals surface area contributed by atoms with Gasteiger partial charge in [0.25, 0.3) is 0 Å². The Morgan fingerprint density at radius 3 is 2.96 bits per heavy atom. The molecule has 3 heterocycles. The molecule has 1 aliphatic carbocycles. The van der Waals surface area contributed by atoms with Gasteiger partial charge < -0.3 is 10.6 Å². The van der Waals surface area contributed by atoms with Crippen LogP contribution in [0.4, 0.5) is 11.8 Å². The summed E-state index contributed by atoms with van der Waals surface area (Å²) in [5, 5.41) is 14.0. The maximum atomic E-state index is 4.85. The molecule has 1 aliphatic rings. The fourth-order valence-electron chi connectivity index (χ4n) is 3.34. The summed E-state index contributed by atoms with van der Waals surface area (Å²) in [6, 6.07) is 12.5. The summed E-state index contributed by atoms with van der Waals surface area (Å²) < 4.78 is 1.93. The summed E-state index contributed by atoms with van der Waals surface area (Å²) in [5.41, 5.74) is 5.07. The molecule has 5 rings (SSSR count). The summed E-state index contributed by atoms with van der Waals surface area (Å²) in [4.78, 5) is 9.30. The van der Waals surface area contributed by atoms with Crippen LogP contribution in [-0.2, 0) is 6.54 Å².